The average molecular weight is 340 g/mol. The Morgan fingerprint density at radius 2 is 1.43 bits per heavy atom. The molecule has 0 atom stereocenters. The lowest BCUT2D eigenvalue weighted by molar-refractivity contribution is 0.439. The third-order valence-electron chi connectivity index (χ3n) is 3.06. The minimum atomic E-state index is 0.161. The smallest absolute Gasteiger partial charge is 0.230 e. The van der Waals surface area contributed by atoms with Gasteiger partial charge in [-0.3, -0.25) is 0 Å². The maximum Gasteiger partial charge on any atom is 0.230 e. The summed E-state index contributed by atoms with van der Waals surface area (Å²) in [6, 6.07) is 12.5. The molecule has 0 bridgehead atoms. The van der Waals surface area contributed by atoms with Crippen LogP contribution in [0.5, 0.6) is 0 Å². The van der Waals surface area contributed by atoms with Crippen molar-refractivity contribution in [3.05, 3.63) is 57.5 Å². The summed E-state index contributed by atoms with van der Waals surface area (Å²) in [6.07, 6.45) is 0. The second kappa shape index (κ2) is 5.60. The van der Waals surface area contributed by atoms with Crippen LogP contribution in [0, 0.1) is 0 Å². The summed E-state index contributed by atoms with van der Waals surface area (Å²) >= 11 is 18.7. The van der Waals surface area contributed by atoms with Crippen LogP contribution >= 0.6 is 34.8 Å². The summed E-state index contributed by atoms with van der Waals surface area (Å²) in [5.41, 5.74) is 8.23. The first-order valence-electron chi connectivity index (χ1n) is 6.04. The molecule has 2 aromatic carbocycles. The van der Waals surface area contributed by atoms with Crippen molar-refractivity contribution in [3.63, 3.8) is 0 Å². The van der Waals surface area contributed by atoms with Crippen molar-refractivity contribution in [2.45, 2.75) is 0 Å². The number of halogens is 3. The van der Waals surface area contributed by atoms with E-state index in [1.807, 2.05) is 18.2 Å². The third kappa shape index (κ3) is 2.48. The molecule has 106 valence electrons. The van der Waals surface area contributed by atoms with E-state index in [1.165, 1.54) is 0 Å². The van der Waals surface area contributed by atoms with Crippen LogP contribution in [0.4, 0.5) is 5.88 Å². The van der Waals surface area contributed by atoms with Gasteiger partial charge in [-0.2, -0.15) is 0 Å². The van der Waals surface area contributed by atoms with Gasteiger partial charge in [0.05, 0.1) is 15.6 Å². The van der Waals surface area contributed by atoms with Crippen LogP contribution in [0.25, 0.3) is 22.4 Å². The lowest BCUT2D eigenvalue weighted by Gasteiger charge is -2.07. The van der Waals surface area contributed by atoms with Gasteiger partial charge in [-0.25, -0.2) is 0 Å². The second-order valence-electron chi connectivity index (χ2n) is 4.35. The number of rotatable bonds is 2. The molecule has 0 amide bonds. The molecule has 0 spiro atoms. The van der Waals surface area contributed by atoms with Crippen LogP contribution in [0.1, 0.15) is 0 Å². The highest BCUT2D eigenvalue weighted by molar-refractivity contribution is 6.39. The molecule has 1 aromatic heterocycles. The van der Waals surface area contributed by atoms with Crippen molar-refractivity contribution < 1.29 is 4.52 Å². The normalized spacial score (nSPS) is 10.8. The Morgan fingerprint density at radius 1 is 0.810 bits per heavy atom. The van der Waals surface area contributed by atoms with Gasteiger partial charge in [0.2, 0.25) is 5.88 Å². The van der Waals surface area contributed by atoms with Crippen LogP contribution in [0.3, 0.4) is 0 Å². The lowest BCUT2D eigenvalue weighted by atomic mass is 10.0. The first-order chi connectivity index (χ1) is 10.1. The molecule has 0 aliphatic carbocycles. The summed E-state index contributed by atoms with van der Waals surface area (Å²) in [5, 5.41) is 5.46. The number of nitrogens with zero attached hydrogens (tertiary/aromatic N) is 1. The molecule has 0 saturated carbocycles. The van der Waals surface area contributed by atoms with Gasteiger partial charge in [-0.1, -0.05) is 64.2 Å². The van der Waals surface area contributed by atoms with E-state index < -0.39 is 0 Å². The number of nitrogens with two attached hydrogens (primary N) is 1. The van der Waals surface area contributed by atoms with Crippen LogP contribution in [-0.4, -0.2) is 5.16 Å². The molecule has 3 aromatic rings. The molecular weight excluding hydrogens is 331 g/mol. The number of benzene rings is 2. The lowest BCUT2D eigenvalue weighted by Crippen LogP contribution is -1.90. The fraction of sp³-hybridized carbons (Fsp3) is 0. The molecular formula is C15H9Cl3N2O. The Hall–Kier alpha value is -1.68. The van der Waals surface area contributed by atoms with E-state index in [4.69, 9.17) is 45.1 Å². The monoisotopic (exact) mass is 338 g/mol. The fourth-order valence-corrected chi connectivity index (χ4v) is 2.93. The zero-order valence-corrected chi connectivity index (χ0v) is 12.9. The quantitative estimate of drug-likeness (QED) is 0.666. The molecule has 2 N–H and O–H groups in total. The summed E-state index contributed by atoms with van der Waals surface area (Å²) in [4.78, 5) is 0. The molecule has 6 heteroatoms. The third-order valence-corrected chi connectivity index (χ3v) is 4.02. The Kier molecular flexibility index (Phi) is 3.81. The SMILES string of the molecule is Nc1onc(-c2c(Cl)cccc2Cl)c1-c1ccccc1Cl. The summed E-state index contributed by atoms with van der Waals surface area (Å²) in [5.74, 6) is 0.161. The molecule has 3 rings (SSSR count). The van der Waals surface area contributed by atoms with E-state index >= 15 is 0 Å². The van der Waals surface area contributed by atoms with Crippen molar-refractivity contribution in [2.75, 3.05) is 5.73 Å². The van der Waals surface area contributed by atoms with Gasteiger partial charge in [-0.15, -0.1) is 0 Å². The van der Waals surface area contributed by atoms with E-state index in [9.17, 15) is 0 Å². The molecule has 3 nitrogen and oxygen atoms in total. The van der Waals surface area contributed by atoms with Crippen molar-refractivity contribution in [2.24, 2.45) is 0 Å². The van der Waals surface area contributed by atoms with Crippen LogP contribution in [0.15, 0.2) is 47.0 Å². The predicted molar refractivity (Wildman–Crippen MR) is 86.8 cm³/mol. The first kappa shape index (κ1) is 14.3. The van der Waals surface area contributed by atoms with Gasteiger partial charge in [0.15, 0.2) is 0 Å². The molecule has 0 radical (unpaired) electrons. The highest BCUT2D eigenvalue weighted by Crippen LogP contribution is 2.43. The maximum absolute atomic E-state index is 6.24. The topological polar surface area (TPSA) is 52.0 Å². The van der Waals surface area contributed by atoms with E-state index in [1.54, 1.807) is 24.3 Å². The minimum absolute atomic E-state index is 0.161. The molecule has 0 saturated heterocycles. The molecule has 0 fully saturated rings. The van der Waals surface area contributed by atoms with E-state index in [0.29, 0.717) is 37.5 Å². The summed E-state index contributed by atoms with van der Waals surface area (Å²) < 4.78 is 5.12. The first-order valence-corrected chi connectivity index (χ1v) is 7.17. The molecule has 21 heavy (non-hydrogen) atoms. The summed E-state index contributed by atoms with van der Waals surface area (Å²) in [6.45, 7) is 0. The van der Waals surface area contributed by atoms with Crippen molar-refractivity contribution in [1.82, 2.24) is 5.16 Å². The average Bonchev–Trinajstić information content (AvgIpc) is 2.81. The molecule has 0 aliphatic rings. The predicted octanol–water partition coefficient (Wildman–Crippen LogP) is 5.55. The van der Waals surface area contributed by atoms with Gasteiger partial charge >= 0.3 is 0 Å². The van der Waals surface area contributed by atoms with Gasteiger partial charge in [0, 0.05) is 16.1 Å². The van der Waals surface area contributed by atoms with E-state index in [-0.39, 0.29) is 5.88 Å². The number of aromatic nitrogens is 1. The Balaban J connectivity index is 2.31. The van der Waals surface area contributed by atoms with Crippen molar-refractivity contribution >= 4 is 40.7 Å². The second-order valence-corrected chi connectivity index (χ2v) is 5.57. The molecule has 1 heterocycles. The summed E-state index contributed by atoms with van der Waals surface area (Å²) in [7, 11) is 0. The molecule has 0 aliphatic heterocycles. The largest absolute Gasteiger partial charge is 0.367 e. The Morgan fingerprint density at radius 3 is 2.10 bits per heavy atom. The van der Waals surface area contributed by atoms with E-state index in [0.717, 1.165) is 0 Å². The van der Waals surface area contributed by atoms with Gasteiger partial charge in [0.25, 0.3) is 0 Å². The standard InChI is InChI=1S/C15H9Cl3N2O/c16-9-5-2-1-4-8(9)12-14(20-21-15(12)19)13-10(17)6-3-7-11(13)18/h1-7H,19H2. The number of hydrogen-bond acceptors (Lipinski definition) is 3. The van der Waals surface area contributed by atoms with Gasteiger partial charge in [-0.05, 0) is 18.2 Å². The zero-order chi connectivity index (χ0) is 15.0. The maximum atomic E-state index is 6.24. The fourth-order valence-electron chi connectivity index (χ4n) is 2.12. The van der Waals surface area contributed by atoms with Crippen LogP contribution in [-0.2, 0) is 0 Å². The van der Waals surface area contributed by atoms with Crippen LogP contribution < -0.4 is 5.73 Å². The number of hydrogen-bond donors (Lipinski definition) is 1. The highest BCUT2D eigenvalue weighted by Gasteiger charge is 2.22. The zero-order valence-electron chi connectivity index (χ0n) is 10.6. The number of nitrogen functional groups attached to an aromatic ring is 1. The minimum Gasteiger partial charge on any atom is -0.367 e. The van der Waals surface area contributed by atoms with E-state index in [2.05, 4.69) is 5.16 Å². The molecule has 0 unspecified atom stereocenters. The van der Waals surface area contributed by atoms with Gasteiger partial charge in [0.1, 0.15) is 5.69 Å². The highest BCUT2D eigenvalue weighted by atomic mass is 35.5. The number of anilines is 1. The van der Waals surface area contributed by atoms with Gasteiger partial charge < -0.3 is 10.3 Å². The Bertz CT molecular complexity index is 794. The Labute approximate surface area is 136 Å². The van der Waals surface area contributed by atoms with Crippen molar-refractivity contribution in [3.8, 4) is 22.4 Å². The van der Waals surface area contributed by atoms with Crippen molar-refractivity contribution in [1.29, 1.82) is 0 Å². The van der Waals surface area contributed by atoms with Crippen LogP contribution in [0.2, 0.25) is 15.1 Å².